The minimum Gasteiger partial charge on any atom is -0.372 e. The first kappa shape index (κ1) is 26.0. The van der Waals surface area contributed by atoms with Crippen LogP contribution in [-0.4, -0.2) is 63.5 Å². The van der Waals surface area contributed by atoms with Gasteiger partial charge in [0.1, 0.15) is 0 Å². The van der Waals surface area contributed by atoms with E-state index < -0.39 is 14.6 Å². The minimum absolute atomic E-state index is 0. The summed E-state index contributed by atoms with van der Waals surface area (Å²) in [5.74, 6) is 0.790. The molecule has 6 nitrogen and oxygen atoms in total. The normalized spacial score (nSPS) is 15.6. The van der Waals surface area contributed by atoms with Gasteiger partial charge in [0.2, 0.25) is 0 Å². The summed E-state index contributed by atoms with van der Waals surface area (Å²) < 4.78 is 23.8. The summed E-state index contributed by atoms with van der Waals surface area (Å²) in [7, 11) is 0.541. The van der Waals surface area contributed by atoms with Crippen molar-refractivity contribution in [1.29, 1.82) is 0 Å². The van der Waals surface area contributed by atoms with E-state index in [1.807, 2.05) is 11.9 Å². The van der Waals surface area contributed by atoms with Crippen LogP contribution >= 0.6 is 24.0 Å². The first-order chi connectivity index (χ1) is 13.1. The van der Waals surface area contributed by atoms with Crippen molar-refractivity contribution in [2.75, 3.05) is 44.4 Å². The maximum absolute atomic E-state index is 12.2. The molecule has 0 aromatic heterocycles. The third-order valence-corrected chi connectivity index (χ3v) is 7.85. The monoisotopic (exact) mass is 536 g/mol. The van der Waals surface area contributed by atoms with Crippen molar-refractivity contribution in [3.05, 3.63) is 29.8 Å². The van der Waals surface area contributed by atoms with E-state index >= 15 is 0 Å². The van der Waals surface area contributed by atoms with E-state index in [1.54, 1.807) is 27.8 Å². The molecule has 0 spiro atoms. The van der Waals surface area contributed by atoms with E-state index in [9.17, 15) is 8.42 Å². The highest BCUT2D eigenvalue weighted by Gasteiger charge is 2.28. The zero-order valence-corrected chi connectivity index (χ0v) is 21.6. The SMILES string of the molecule is CN=C(NCCS(=O)(=O)C(C)(C)C)N(C)Cc1ccc(N2CCCCC2)cc1.I. The van der Waals surface area contributed by atoms with Crippen molar-refractivity contribution >= 4 is 45.5 Å². The average molecular weight is 537 g/mol. The van der Waals surface area contributed by atoms with E-state index in [-0.39, 0.29) is 29.7 Å². The van der Waals surface area contributed by atoms with Crippen LogP contribution in [0.4, 0.5) is 5.69 Å². The molecule has 1 aliphatic heterocycles. The van der Waals surface area contributed by atoms with Crippen molar-refractivity contribution in [1.82, 2.24) is 10.2 Å². The molecular formula is C21H37IN4O2S. The molecule has 0 radical (unpaired) electrons. The van der Waals surface area contributed by atoms with E-state index in [4.69, 9.17) is 0 Å². The Balaban J connectivity index is 0.00000420. The molecule has 1 fully saturated rings. The first-order valence-electron chi connectivity index (χ1n) is 10.1. The van der Waals surface area contributed by atoms with Crippen LogP contribution in [-0.2, 0) is 16.4 Å². The Bertz CT molecular complexity index is 752. The van der Waals surface area contributed by atoms with Gasteiger partial charge in [-0.1, -0.05) is 12.1 Å². The standard InChI is InChI=1S/C21H36N4O2S.HI/c1-21(2,3)28(26,27)16-13-23-20(22-4)24(5)17-18-9-11-19(12-10-18)25-14-7-6-8-15-25;/h9-12H,6-8,13-17H2,1-5H3,(H,22,23);1H. The fraction of sp³-hybridized carbons (Fsp3) is 0.667. The summed E-state index contributed by atoms with van der Waals surface area (Å²) in [5.41, 5.74) is 2.49. The summed E-state index contributed by atoms with van der Waals surface area (Å²) >= 11 is 0. The van der Waals surface area contributed by atoms with Gasteiger partial charge in [-0.05, 0) is 57.7 Å². The fourth-order valence-electron chi connectivity index (χ4n) is 3.30. The maximum atomic E-state index is 12.2. The Morgan fingerprint density at radius 1 is 1.14 bits per heavy atom. The number of aliphatic imine (C=N–C) groups is 1. The maximum Gasteiger partial charge on any atom is 0.193 e. The lowest BCUT2D eigenvalue weighted by molar-refractivity contribution is 0.478. The van der Waals surface area contributed by atoms with Crippen LogP contribution in [0.3, 0.4) is 0 Å². The fourth-order valence-corrected chi connectivity index (χ4v) is 4.28. The minimum atomic E-state index is -3.14. The molecule has 0 aliphatic carbocycles. The van der Waals surface area contributed by atoms with Crippen LogP contribution in [0, 0.1) is 0 Å². The van der Waals surface area contributed by atoms with Crippen molar-refractivity contribution in [3.8, 4) is 0 Å². The molecule has 1 aromatic rings. The van der Waals surface area contributed by atoms with Crippen LogP contribution in [0.2, 0.25) is 0 Å². The zero-order chi connectivity index (χ0) is 20.8. The van der Waals surface area contributed by atoms with Crippen molar-refractivity contribution < 1.29 is 8.42 Å². The molecule has 0 bridgehead atoms. The third-order valence-electron chi connectivity index (χ3n) is 5.24. The largest absolute Gasteiger partial charge is 0.372 e. The van der Waals surface area contributed by atoms with Crippen LogP contribution < -0.4 is 10.2 Å². The summed E-state index contributed by atoms with van der Waals surface area (Å²) in [5, 5.41) is 3.17. The predicted molar refractivity (Wildman–Crippen MR) is 134 cm³/mol. The number of hydrogen-bond donors (Lipinski definition) is 1. The highest BCUT2D eigenvalue weighted by atomic mass is 127. The second-order valence-corrected chi connectivity index (χ2v) is 11.3. The summed E-state index contributed by atoms with van der Waals surface area (Å²) in [6.45, 7) is 8.56. The quantitative estimate of drug-likeness (QED) is 0.343. The van der Waals surface area contributed by atoms with Crippen molar-refractivity contribution in [3.63, 3.8) is 0 Å². The number of halogens is 1. The van der Waals surface area contributed by atoms with E-state index in [0.29, 0.717) is 19.0 Å². The Morgan fingerprint density at radius 3 is 2.24 bits per heavy atom. The lowest BCUT2D eigenvalue weighted by atomic mass is 10.1. The summed E-state index contributed by atoms with van der Waals surface area (Å²) in [6, 6.07) is 8.72. The first-order valence-corrected chi connectivity index (χ1v) is 11.8. The van der Waals surface area contributed by atoms with Gasteiger partial charge in [-0.2, -0.15) is 0 Å². The van der Waals surface area contributed by atoms with Crippen LogP contribution in [0.15, 0.2) is 29.3 Å². The van der Waals surface area contributed by atoms with Crippen LogP contribution in [0.25, 0.3) is 0 Å². The van der Waals surface area contributed by atoms with E-state index in [0.717, 1.165) is 13.1 Å². The molecule has 1 heterocycles. The van der Waals surface area contributed by atoms with Gasteiger partial charge in [-0.25, -0.2) is 8.42 Å². The number of anilines is 1. The second-order valence-electron chi connectivity index (χ2n) is 8.48. The Labute approximate surface area is 194 Å². The van der Waals surface area contributed by atoms with Gasteiger partial charge in [0, 0.05) is 46.0 Å². The highest BCUT2D eigenvalue weighted by Crippen LogP contribution is 2.20. The van der Waals surface area contributed by atoms with Gasteiger partial charge >= 0.3 is 0 Å². The molecule has 1 saturated heterocycles. The highest BCUT2D eigenvalue weighted by molar-refractivity contribution is 14.0. The van der Waals surface area contributed by atoms with Crippen molar-refractivity contribution in [2.45, 2.75) is 51.3 Å². The summed E-state index contributed by atoms with van der Waals surface area (Å²) in [4.78, 5) is 8.75. The van der Waals surface area contributed by atoms with Crippen LogP contribution in [0.5, 0.6) is 0 Å². The van der Waals surface area contributed by atoms with Gasteiger partial charge in [-0.15, -0.1) is 24.0 Å². The van der Waals surface area contributed by atoms with Gasteiger partial charge in [0.25, 0.3) is 0 Å². The molecule has 1 aliphatic rings. The molecule has 29 heavy (non-hydrogen) atoms. The predicted octanol–water partition coefficient (Wildman–Crippen LogP) is 3.52. The number of sulfone groups is 1. The van der Waals surface area contributed by atoms with Crippen LogP contribution in [0.1, 0.15) is 45.6 Å². The topological polar surface area (TPSA) is 65.0 Å². The number of guanidine groups is 1. The Morgan fingerprint density at radius 2 is 1.72 bits per heavy atom. The van der Waals surface area contributed by atoms with E-state index in [1.165, 1.54) is 30.5 Å². The van der Waals surface area contributed by atoms with E-state index in [2.05, 4.69) is 39.5 Å². The van der Waals surface area contributed by atoms with Gasteiger partial charge in [-0.3, -0.25) is 4.99 Å². The zero-order valence-electron chi connectivity index (χ0n) is 18.4. The lowest BCUT2D eigenvalue weighted by Gasteiger charge is -2.29. The number of nitrogens with zero attached hydrogens (tertiary/aromatic N) is 3. The molecule has 2 rings (SSSR count). The number of piperidine rings is 1. The molecule has 0 unspecified atom stereocenters. The third kappa shape index (κ3) is 7.62. The molecular weight excluding hydrogens is 499 g/mol. The molecule has 1 N–H and O–H groups in total. The molecule has 0 amide bonds. The average Bonchev–Trinajstić information content (AvgIpc) is 2.65. The lowest BCUT2D eigenvalue weighted by Crippen LogP contribution is -2.42. The number of benzene rings is 1. The van der Waals surface area contributed by atoms with Crippen molar-refractivity contribution in [2.24, 2.45) is 4.99 Å². The Hall–Kier alpha value is -1.03. The molecule has 0 saturated carbocycles. The number of hydrogen-bond acceptors (Lipinski definition) is 4. The molecule has 8 heteroatoms. The van der Waals surface area contributed by atoms with Gasteiger partial charge in [0.05, 0.1) is 10.5 Å². The number of nitrogens with one attached hydrogen (secondary N) is 1. The number of rotatable bonds is 6. The van der Waals surface area contributed by atoms with Gasteiger partial charge in [0.15, 0.2) is 15.8 Å². The molecule has 1 aromatic carbocycles. The molecule has 0 atom stereocenters. The Kier molecular flexibility index (Phi) is 10.2. The van der Waals surface area contributed by atoms with Gasteiger partial charge < -0.3 is 15.1 Å². The smallest absolute Gasteiger partial charge is 0.193 e. The summed E-state index contributed by atoms with van der Waals surface area (Å²) in [6.07, 6.45) is 3.89. The molecule has 166 valence electrons. The second kappa shape index (κ2) is 11.4.